The standard InChI is InChI=1S/C18H37N3O/c1-5-6-20-7-9-21(10-8-20)11-12-22-18-13-17(14-18)19(4)15-16(2)3/h16-18H,5-15H2,1-4H3/t17-,18-. The number of rotatable bonds is 9. The lowest BCUT2D eigenvalue weighted by atomic mass is 9.87. The highest BCUT2D eigenvalue weighted by Crippen LogP contribution is 2.27. The van der Waals surface area contributed by atoms with Crippen LogP contribution in [0.2, 0.25) is 0 Å². The van der Waals surface area contributed by atoms with Crippen molar-refractivity contribution in [1.29, 1.82) is 0 Å². The molecule has 0 amide bonds. The minimum atomic E-state index is 0.515. The normalized spacial score (nSPS) is 27.5. The van der Waals surface area contributed by atoms with Gasteiger partial charge in [-0.2, -0.15) is 0 Å². The zero-order valence-corrected chi connectivity index (χ0v) is 15.3. The van der Waals surface area contributed by atoms with E-state index in [2.05, 4.69) is 42.5 Å². The van der Waals surface area contributed by atoms with E-state index in [-0.39, 0.29) is 0 Å². The smallest absolute Gasteiger partial charge is 0.0605 e. The molecule has 0 radical (unpaired) electrons. The predicted molar refractivity (Wildman–Crippen MR) is 93.4 cm³/mol. The molecule has 1 aliphatic carbocycles. The van der Waals surface area contributed by atoms with Crippen molar-refractivity contribution in [3.8, 4) is 0 Å². The first-order valence-electron chi connectivity index (χ1n) is 9.35. The highest BCUT2D eigenvalue weighted by atomic mass is 16.5. The van der Waals surface area contributed by atoms with Crippen LogP contribution in [0.3, 0.4) is 0 Å². The molecule has 0 unspecified atom stereocenters. The molecule has 0 N–H and O–H groups in total. The summed E-state index contributed by atoms with van der Waals surface area (Å²) in [4.78, 5) is 7.66. The van der Waals surface area contributed by atoms with Gasteiger partial charge in [0.1, 0.15) is 0 Å². The third-order valence-electron chi connectivity index (χ3n) is 5.11. The summed E-state index contributed by atoms with van der Waals surface area (Å²) in [5.74, 6) is 0.761. The minimum absolute atomic E-state index is 0.515. The fraction of sp³-hybridized carbons (Fsp3) is 1.00. The SMILES string of the molecule is CCCN1CCN(CCO[C@H]2C[C@H](N(C)CC(C)C)C2)CC1. The van der Waals surface area contributed by atoms with E-state index in [4.69, 9.17) is 4.74 Å². The molecule has 0 atom stereocenters. The van der Waals surface area contributed by atoms with Crippen LogP contribution in [0.25, 0.3) is 0 Å². The van der Waals surface area contributed by atoms with Crippen LogP contribution in [0, 0.1) is 5.92 Å². The molecule has 0 bridgehead atoms. The Morgan fingerprint density at radius 2 is 1.64 bits per heavy atom. The van der Waals surface area contributed by atoms with E-state index < -0.39 is 0 Å². The van der Waals surface area contributed by atoms with Crippen molar-refractivity contribution >= 4 is 0 Å². The molecule has 0 spiro atoms. The Labute approximate surface area is 137 Å². The van der Waals surface area contributed by atoms with Gasteiger partial charge in [-0.3, -0.25) is 4.90 Å². The molecule has 0 aromatic carbocycles. The van der Waals surface area contributed by atoms with Gasteiger partial charge in [-0.05, 0) is 38.8 Å². The lowest BCUT2D eigenvalue weighted by Crippen LogP contribution is -2.49. The quantitative estimate of drug-likeness (QED) is 0.649. The van der Waals surface area contributed by atoms with Gasteiger partial charge < -0.3 is 14.5 Å². The van der Waals surface area contributed by atoms with Gasteiger partial charge in [0.2, 0.25) is 0 Å². The fourth-order valence-corrected chi connectivity index (χ4v) is 3.66. The van der Waals surface area contributed by atoms with Crippen LogP contribution in [0.1, 0.15) is 40.0 Å². The average molecular weight is 312 g/mol. The van der Waals surface area contributed by atoms with E-state index >= 15 is 0 Å². The molecule has 1 saturated heterocycles. The average Bonchev–Trinajstić information content (AvgIpc) is 2.42. The Kier molecular flexibility index (Phi) is 7.61. The van der Waals surface area contributed by atoms with Crippen molar-refractivity contribution in [3.63, 3.8) is 0 Å². The Morgan fingerprint density at radius 3 is 2.18 bits per heavy atom. The molecule has 4 nitrogen and oxygen atoms in total. The lowest BCUT2D eigenvalue weighted by molar-refractivity contribution is -0.0541. The lowest BCUT2D eigenvalue weighted by Gasteiger charge is -2.42. The van der Waals surface area contributed by atoms with Gasteiger partial charge in [0, 0.05) is 45.3 Å². The largest absolute Gasteiger partial charge is 0.377 e. The summed E-state index contributed by atoms with van der Waals surface area (Å²) in [7, 11) is 2.26. The molecule has 22 heavy (non-hydrogen) atoms. The molecule has 1 heterocycles. The minimum Gasteiger partial charge on any atom is -0.377 e. The van der Waals surface area contributed by atoms with Gasteiger partial charge in [0.25, 0.3) is 0 Å². The van der Waals surface area contributed by atoms with Crippen LogP contribution in [0.5, 0.6) is 0 Å². The zero-order chi connectivity index (χ0) is 15.9. The molecule has 2 rings (SSSR count). The molecule has 4 heteroatoms. The molecule has 0 aromatic heterocycles. The third kappa shape index (κ3) is 5.80. The van der Waals surface area contributed by atoms with Gasteiger partial charge in [-0.25, -0.2) is 0 Å². The summed E-state index contributed by atoms with van der Waals surface area (Å²) in [6.45, 7) is 16.3. The summed E-state index contributed by atoms with van der Waals surface area (Å²) in [6, 6.07) is 0.755. The van der Waals surface area contributed by atoms with Crippen molar-refractivity contribution in [3.05, 3.63) is 0 Å². The number of piperazine rings is 1. The summed E-state index contributed by atoms with van der Waals surface area (Å²) in [5, 5.41) is 0. The van der Waals surface area contributed by atoms with Gasteiger partial charge in [0.05, 0.1) is 12.7 Å². The Balaban J connectivity index is 1.49. The van der Waals surface area contributed by atoms with Crippen molar-refractivity contribution in [2.45, 2.75) is 52.2 Å². The maximum Gasteiger partial charge on any atom is 0.0605 e. The van der Waals surface area contributed by atoms with E-state index in [0.29, 0.717) is 6.10 Å². The van der Waals surface area contributed by atoms with Crippen molar-refractivity contribution in [1.82, 2.24) is 14.7 Å². The number of nitrogens with zero attached hydrogens (tertiary/aromatic N) is 3. The van der Waals surface area contributed by atoms with Crippen molar-refractivity contribution < 1.29 is 4.74 Å². The van der Waals surface area contributed by atoms with Crippen LogP contribution in [-0.4, -0.2) is 86.3 Å². The molecule has 2 fully saturated rings. The van der Waals surface area contributed by atoms with E-state index in [1.807, 2.05) is 0 Å². The van der Waals surface area contributed by atoms with Crippen molar-refractivity contribution in [2.24, 2.45) is 5.92 Å². The maximum absolute atomic E-state index is 6.06. The maximum atomic E-state index is 6.06. The number of hydrogen-bond donors (Lipinski definition) is 0. The Morgan fingerprint density at radius 1 is 1.05 bits per heavy atom. The second-order valence-corrected chi connectivity index (χ2v) is 7.63. The molecular formula is C18H37N3O. The zero-order valence-electron chi connectivity index (χ0n) is 15.3. The Bertz CT molecular complexity index is 297. The highest BCUT2D eigenvalue weighted by molar-refractivity contribution is 4.87. The van der Waals surface area contributed by atoms with Gasteiger partial charge in [-0.15, -0.1) is 0 Å². The van der Waals surface area contributed by atoms with Gasteiger partial charge in [0.15, 0.2) is 0 Å². The van der Waals surface area contributed by atoms with E-state index in [1.165, 1.54) is 58.5 Å². The topological polar surface area (TPSA) is 19.0 Å². The second-order valence-electron chi connectivity index (χ2n) is 7.63. The van der Waals surface area contributed by atoms with E-state index in [1.54, 1.807) is 0 Å². The summed E-state index contributed by atoms with van der Waals surface area (Å²) >= 11 is 0. The molecule has 1 aliphatic heterocycles. The van der Waals surface area contributed by atoms with Crippen LogP contribution < -0.4 is 0 Å². The molecule has 0 aromatic rings. The first-order chi connectivity index (χ1) is 10.6. The monoisotopic (exact) mass is 311 g/mol. The van der Waals surface area contributed by atoms with Gasteiger partial charge in [-0.1, -0.05) is 20.8 Å². The van der Waals surface area contributed by atoms with E-state index in [0.717, 1.165) is 25.1 Å². The van der Waals surface area contributed by atoms with Crippen LogP contribution in [-0.2, 0) is 4.74 Å². The molecule has 1 saturated carbocycles. The van der Waals surface area contributed by atoms with Crippen LogP contribution >= 0.6 is 0 Å². The fourth-order valence-electron chi connectivity index (χ4n) is 3.66. The highest BCUT2D eigenvalue weighted by Gasteiger charge is 2.32. The summed E-state index contributed by atoms with van der Waals surface area (Å²) in [6.07, 6.45) is 4.25. The summed E-state index contributed by atoms with van der Waals surface area (Å²) < 4.78 is 6.06. The predicted octanol–water partition coefficient (Wildman–Crippen LogP) is 2.15. The van der Waals surface area contributed by atoms with Crippen molar-refractivity contribution in [2.75, 3.05) is 59.5 Å². The third-order valence-corrected chi connectivity index (χ3v) is 5.11. The number of ether oxygens (including phenoxy) is 1. The molecule has 2 aliphatic rings. The first kappa shape index (κ1) is 18.2. The Hall–Kier alpha value is -0.160. The van der Waals surface area contributed by atoms with Crippen LogP contribution in [0.15, 0.2) is 0 Å². The molecular weight excluding hydrogens is 274 g/mol. The summed E-state index contributed by atoms with van der Waals surface area (Å²) in [5.41, 5.74) is 0. The van der Waals surface area contributed by atoms with E-state index in [9.17, 15) is 0 Å². The van der Waals surface area contributed by atoms with Gasteiger partial charge >= 0.3 is 0 Å². The molecule has 130 valence electrons. The second kappa shape index (κ2) is 9.21. The number of hydrogen-bond acceptors (Lipinski definition) is 4. The van der Waals surface area contributed by atoms with Crippen LogP contribution in [0.4, 0.5) is 0 Å². The first-order valence-corrected chi connectivity index (χ1v) is 9.35.